The van der Waals surface area contributed by atoms with Crippen LogP contribution in [0.15, 0.2) is 34.5 Å². The maximum Gasteiger partial charge on any atom is 0.416 e. The van der Waals surface area contributed by atoms with Gasteiger partial charge in [0.1, 0.15) is 17.6 Å². The third-order valence-electron chi connectivity index (χ3n) is 6.84. The molecule has 0 N–H and O–H groups in total. The Bertz CT molecular complexity index is 1210. The fourth-order valence-electron chi connectivity index (χ4n) is 5.43. The van der Waals surface area contributed by atoms with E-state index in [-0.39, 0.29) is 30.1 Å². The number of amides is 1. The van der Waals surface area contributed by atoms with E-state index in [0.29, 0.717) is 17.0 Å². The summed E-state index contributed by atoms with van der Waals surface area (Å²) in [5.41, 5.74) is -0.272. The smallest absolute Gasteiger partial charge is 0.416 e. The second-order valence-corrected chi connectivity index (χ2v) is 8.36. The lowest BCUT2D eigenvalue weighted by atomic mass is 9.69. The van der Waals surface area contributed by atoms with E-state index in [4.69, 9.17) is 23.7 Å². The first-order chi connectivity index (χ1) is 17.2. The summed E-state index contributed by atoms with van der Waals surface area (Å²) >= 11 is 0. The Morgan fingerprint density at radius 3 is 2.33 bits per heavy atom. The van der Waals surface area contributed by atoms with Crippen molar-refractivity contribution in [1.82, 2.24) is 4.90 Å². The highest BCUT2D eigenvalue weighted by atomic mass is 16.6. The number of carbonyl (C=O) groups excluding carboxylic acids is 4. The summed E-state index contributed by atoms with van der Waals surface area (Å²) in [4.78, 5) is 59.6. The quantitative estimate of drug-likeness (QED) is 0.428. The van der Waals surface area contributed by atoms with Gasteiger partial charge in [-0.15, -0.1) is 0 Å². The average Bonchev–Trinajstić information content (AvgIpc) is 3.37. The Labute approximate surface area is 207 Å². The minimum atomic E-state index is -1.23. The molecule has 3 atom stereocenters. The van der Waals surface area contributed by atoms with Gasteiger partial charge >= 0.3 is 24.0 Å². The van der Waals surface area contributed by atoms with Crippen LogP contribution in [0.25, 0.3) is 0 Å². The van der Waals surface area contributed by atoms with Crippen molar-refractivity contribution in [2.45, 2.75) is 30.8 Å². The molecule has 36 heavy (non-hydrogen) atoms. The van der Waals surface area contributed by atoms with Crippen molar-refractivity contribution in [3.05, 3.63) is 35.0 Å². The number of ether oxygens (including phenoxy) is 5. The number of amidine groups is 1. The molecule has 1 saturated heterocycles. The molecule has 192 valence electrons. The number of anilines is 1. The summed E-state index contributed by atoms with van der Waals surface area (Å²) in [6, 6.07) is 3.30. The van der Waals surface area contributed by atoms with Crippen LogP contribution in [0.3, 0.4) is 0 Å². The van der Waals surface area contributed by atoms with Crippen LogP contribution in [-0.2, 0) is 38.7 Å². The van der Waals surface area contributed by atoms with Crippen LogP contribution in [0.1, 0.15) is 18.9 Å². The fraction of sp³-hybridized carbons (Fsp3) is 0.458. The molecule has 1 aromatic carbocycles. The van der Waals surface area contributed by atoms with Gasteiger partial charge in [-0.3, -0.25) is 0 Å². The number of fused-ring (bicyclic) bond motifs is 1. The molecule has 12 heteroatoms. The normalized spacial score (nSPS) is 23.8. The van der Waals surface area contributed by atoms with Gasteiger partial charge in [0.2, 0.25) is 0 Å². The number of hydrogen-bond acceptors (Lipinski definition) is 11. The molecule has 0 saturated carbocycles. The second kappa shape index (κ2) is 9.17. The topological polar surface area (TPSA) is 133 Å². The number of hydrogen-bond donors (Lipinski definition) is 0. The molecule has 3 aliphatic rings. The maximum absolute atomic E-state index is 13.2. The van der Waals surface area contributed by atoms with Crippen molar-refractivity contribution in [3.63, 3.8) is 0 Å². The van der Waals surface area contributed by atoms with E-state index >= 15 is 0 Å². The predicted molar refractivity (Wildman–Crippen MR) is 125 cm³/mol. The van der Waals surface area contributed by atoms with Gasteiger partial charge in [-0.25, -0.2) is 29.1 Å². The number of likely N-dealkylation sites (tertiary alicyclic amines) is 1. The Balaban J connectivity index is 2.11. The summed E-state index contributed by atoms with van der Waals surface area (Å²) < 4.78 is 25.7. The Kier molecular flexibility index (Phi) is 6.37. The average molecular weight is 501 g/mol. The molecular formula is C24H27N3O9. The zero-order valence-corrected chi connectivity index (χ0v) is 20.8. The number of rotatable bonds is 5. The molecule has 1 spiro atoms. The number of nitrogens with zero attached hydrogens (tertiary/aromatic N) is 3. The Morgan fingerprint density at radius 1 is 1.06 bits per heavy atom. The largest absolute Gasteiger partial charge is 0.497 e. The van der Waals surface area contributed by atoms with Crippen molar-refractivity contribution >= 4 is 35.5 Å². The first-order valence-electron chi connectivity index (χ1n) is 11.2. The van der Waals surface area contributed by atoms with Crippen molar-refractivity contribution < 1.29 is 42.9 Å². The minimum Gasteiger partial charge on any atom is -0.497 e. The van der Waals surface area contributed by atoms with Gasteiger partial charge in [0.15, 0.2) is 5.70 Å². The highest BCUT2D eigenvalue weighted by Gasteiger charge is 2.67. The molecule has 0 aromatic heterocycles. The van der Waals surface area contributed by atoms with Gasteiger partial charge < -0.3 is 28.6 Å². The van der Waals surface area contributed by atoms with Crippen LogP contribution in [0.2, 0.25) is 0 Å². The van der Waals surface area contributed by atoms with E-state index in [1.165, 1.54) is 21.3 Å². The van der Waals surface area contributed by atoms with E-state index < -0.39 is 41.5 Å². The Hall–Kier alpha value is -4.09. The monoisotopic (exact) mass is 501 g/mol. The number of carbonyl (C=O) groups is 4. The van der Waals surface area contributed by atoms with Crippen LogP contribution >= 0.6 is 0 Å². The lowest BCUT2D eigenvalue weighted by Gasteiger charge is -2.39. The predicted octanol–water partition coefficient (Wildman–Crippen LogP) is 1.17. The molecule has 0 bridgehead atoms. The summed E-state index contributed by atoms with van der Waals surface area (Å²) in [5, 5.41) is 0. The molecule has 3 heterocycles. The zero-order valence-electron chi connectivity index (χ0n) is 20.8. The first-order valence-corrected chi connectivity index (χ1v) is 11.2. The van der Waals surface area contributed by atoms with E-state index in [1.54, 1.807) is 37.1 Å². The van der Waals surface area contributed by atoms with Crippen LogP contribution in [0.5, 0.6) is 5.75 Å². The molecule has 0 unspecified atom stereocenters. The van der Waals surface area contributed by atoms with Crippen molar-refractivity contribution in [1.29, 1.82) is 0 Å². The van der Waals surface area contributed by atoms with Gasteiger partial charge in [-0.05, 0) is 37.1 Å². The zero-order chi connectivity index (χ0) is 26.4. The molecular weight excluding hydrogens is 474 g/mol. The molecule has 3 aliphatic heterocycles. The number of esters is 3. The molecule has 0 radical (unpaired) electrons. The molecule has 12 nitrogen and oxygen atoms in total. The number of benzene rings is 1. The second-order valence-electron chi connectivity index (χ2n) is 8.36. The molecule has 1 amide bonds. The van der Waals surface area contributed by atoms with E-state index in [0.717, 1.165) is 12.0 Å². The van der Waals surface area contributed by atoms with Crippen molar-refractivity contribution in [2.24, 2.45) is 4.99 Å². The summed E-state index contributed by atoms with van der Waals surface area (Å²) in [6.07, 6.45) is -0.839. The Morgan fingerprint density at radius 2 is 1.75 bits per heavy atom. The lowest BCUT2D eigenvalue weighted by Crippen LogP contribution is -2.55. The van der Waals surface area contributed by atoms with E-state index in [2.05, 4.69) is 4.99 Å². The third-order valence-corrected chi connectivity index (χ3v) is 6.84. The molecule has 1 fully saturated rings. The SMILES string of the molecule is CCOC(=O)N1C2=NC(C(=O)OC)=C(C(=O)OC)[C@@H]3N(C)c4ccc(OC)cc4[C@]23C[C@H]1C(=O)OC. The highest BCUT2D eigenvalue weighted by molar-refractivity contribution is 6.16. The van der Waals surface area contributed by atoms with E-state index in [9.17, 15) is 19.2 Å². The van der Waals surface area contributed by atoms with Crippen LogP contribution in [0, 0.1) is 0 Å². The molecule has 4 rings (SSSR count). The summed E-state index contributed by atoms with van der Waals surface area (Å²) in [6.45, 7) is 1.66. The van der Waals surface area contributed by atoms with Gasteiger partial charge in [-0.2, -0.15) is 0 Å². The summed E-state index contributed by atoms with van der Waals surface area (Å²) in [5.74, 6) is -1.81. The van der Waals surface area contributed by atoms with Gasteiger partial charge in [0, 0.05) is 12.7 Å². The fourth-order valence-corrected chi connectivity index (χ4v) is 5.43. The van der Waals surface area contributed by atoms with Gasteiger partial charge in [-0.1, -0.05) is 0 Å². The van der Waals surface area contributed by atoms with Crippen LogP contribution in [0.4, 0.5) is 10.5 Å². The number of aliphatic imine (C=N–C) groups is 1. The lowest BCUT2D eigenvalue weighted by molar-refractivity contribution is -0.144. The number of likely N-dealkylation sites (N-methyl/N-ethyl adjacent to an activating group) is 1. The van der Waals surface area contributed by atoms with Gasteiger partial charge in [0.25, 0.3) is 0 Å². The number of methoxy groups -OCH3 is 4. The minimum absolute atomic E-state index is 0.00143. The standard InChI is InChI=1S/C24H27N3O9/c1-7-36-23(31)27-15(19(28)33-4)11-24-13-10-12(32-3)8-9-14(13)26(2)18(24)16(20(29)34-5)17(21(30)35-6)25-22(24)27/h8-10,15,18H,7,11H2,1-6H3/t15-,18-,24-/m0/s1. The van der Waals surface area contributed by atoms with Gasteiger partial charge in [0.05, 0.1) is 52.1 Å². The van der Waals surface area contributed by atoms with Crippen molar-refractivity contribution in [2.75, 3.05) is 47.0 Å². The molecule has 1 aromatic rings. The highest BCUT2D eigenvalue weighted by Crippen LogP contribution is 2.58. The molecule has 0 aliphatic carbocycles. The maximum atomic E-state index is 13.2. The van der Waals surface area contributed by atoms with Crippen LogP contribution < -0.4 is 9.64 Å². The van der Waals surface area contributed by atoms with Crippen LogP contribution in [-0.4, -0.2) is 88.9 Å². The van der Waals surface area contributed by atoms with E-state index in [1.807, 2.05) is 0 Å². The third kappa shape index (κ3) is 3.31. The summed E-state index contributed by atoms with van der Waals surface area (Å²) in [7, 11) is 6.81. The van der Waals surface area contributed by atoms with Crippen molar-refractivity contribution in [3.8, 4) is 5.75 Å². The first kappa shape index (κ1) is 25.0.